The highest BCUT2D eigenvalue weighted by atomic mass is 19.1. The van der Waals surface area contributed by atoms with Crippen LogP contribution in [0.1, 0.15) is 12.8 Å². The highest BCUT2D eigenvalue weighted by Crippen LogP contribution is 2.28. The number of hydrogen-bond acceptors (Lipinski definition) is 3. The van der Waals surface area contributed by atoms with E-state index in [-0.39, 0.29) is 17.4 Å². The van der Waals surface area contributed by atoms with Gasteiger partial charge < -0.3 is 15.2 Å². The molecule has 0 bridgehead atoms. The van der Waals surface area contributed by atoms with Crippen LogP contribution < -0.4 is 5.32 Å². The van der Waals surface area contributed by atoms with Crippen LogP contribution in [-0.2, 0) is 0 Å². The number of amides is 2. The van der Waals surface area contributed by atoms with Gasteiger partial charge in [-0.1, -0.05) is 12.1 Å². The second-order valence-corrected chi connectivity index (χ2v) is 7.51. The minimum atomic E-state index is -0.461. The Bertz CT molecular complexity index is 1260. The molecule has 1 saturated heterocycles. The van der Waals surface area contributed by atoms with Gasteiger partial charge in [-0.25, -0.2) is 23.5 Å². The zero-order chi connectivity index (χ0) is 21.4. The number of carbonyl (C=O) groups excluding carboxylic acids is 1. The summed E-state index contributed by atoms with van der Waals surface area (Å²) in [7, 11) is 0. The lowest BCUT2D eigenvalue weighted by Crippen LogP contribution is -2.32. The summed E-state index contributed by atoms with van der Waals surface area (Å²) in [6.45, 7) is 1.46. The number of H-pyrrole nitrogens is 1. The SMILES string of the molecule is O=C(Nc1ccc(F)c(-c2nc3ncc(-c4ccc(F)cc4)cc3[nH]2)c1)N1CCCC1. The number of imidazole rings is 1. The van der Waals surface area contributed by atoms with E-state index in [0.29, 0.717) is 22.7 Å². The molecule has 0 aliphatic carbocycles. The predicted octanol–water partition coefficient (Wildman–Crippen LogP) is 5.20. The van der Waals surface area contributed by atoms with Gasteiger partial charge in [0.15, 0.2) is 5.65 Å². The van der Waals surface area contributed by atoms with Crippen molar-refractivity contribution in [1.82, 2.24) is 19.9 Å². The van der Waals surface area contributed by atoms with Crippen molar-refractivity contribution in [3.63, 3.8) is 0 Å². The van der Waals surface area contributed by atoms with Gasteiger partial charge in [0.25, 0.3) is 0 Å². The number of anilines is 1. The average molecular weight is 419 g/mol. The van der Waals surface area contributed by atoms with Crippen molar-refractivity contribution in [1.29, 1.82) is 0 Å². The Hall–Kier alpha value is -3.81. The van der Waals surface area contributed by atoms with E-state index in [2.05, 4.69) is 20.3 Å². The van der Waals surface area contributed by atoms with E-state index in [4.69, 9.17) is 0 Å². The van der Waals surface area contributed by atoms with Crippen LogP contribution in [0.2, 0.25) is 0 Å². The molecule has 2 aromatic carbocycles. The molecule has 0 unspecified atom stereocenters. The van der Waals surface area contributed by atoms with E-state index in [1.165, 1.54) is 24.3 Å². The molecule has 2 N–H and O–H groups in total. The summed E-state index contributed by atoms with van der Waals surface area (Å²) in [5, 5.41) is 2.82. The molecule has 1 fully saturated rings. The minimum absolute atomic E-state index is 0.190. The number of carbonyl (C=O) groups is 1. The predicted molar refractivity (Wildman–Crippen MR) is 115 cm³/mol. The number of fused-ring (bicyclic) bond motifs is 1. The lowest BCUT2D eigenvalue weighted by Gasteiger charge is -2.16. The third kappa shape index (κ3) is 3.84. The Morgan fingerprint density at radius 1 is 1.00 bits per heavy atom. The Balaban J connectivity index is 1.45. The number of aromatic nitrogens is 3. The molecule has 3 heterocycles. The molecule has 4 aromatic rings. The number of nitrogens with one attached hydrogen (secondary N) is 2. The van der Waals surface area contributed by atoms with Gasteiger partial charge in [-0.3, -0.25) is 0 Å². The topological polar surface area (TPSA) is 73.9 Å². The molecule has 0 saturated carbocycles. The van der Waals surface area contributed by atoms with E-state index in [9.17, 15) is 13.6 Å². The molecule has 0 radical (unpaired) electrons. The van der Waals surface area contributed by atoms with Crippen LogP contribution in [0.4, 0.5) is 19.3 Å². The third-order valence-corrected chi connectivity index (χ3v) is 5.38. The van der Waals surface area contributed by atoms with Crippen LogP contribution in [0.3, 0.4) is 0 Å². The number of urea groups is 1. The fourth-order valence-corrected chi connectivity index (χ4v) is 3.74. The summed E-state index contributed by atoms with van der Waals surface area (Å²) in [6.07, 6.45) is 3.63. The Morgan fingerprint density at radius 3 is 2.55 bits per heavy atom. The molecule has 2 amide bonds. The Labute approximate surface area is 176 Å². The van der Waals surface area contributed by atoms with E-state index < -0.39 is 5.82 Å². The van der Waals surface area contributed by atoms with Gasteiger partial charge in [-0.05, 0) is 54.8 Å². The van der Waals surface area contributed by atoms with Gasteiger partial charge in [-0.2, -0.15) is 0 Å². The van der Waals surface area contributed by atoms with Gasteiger partial charge in [0.05, 0.1) is 11.1 Å². The van der Waals surface area contributed by atoms with Gasteiger partial charge in [0.2, 0.25) is 0 Å². The molecule has 0 spiro atoms. The van der Waals surface area contributed by atoms with E-state index in [1.807, 2.05) is 6.07 Å². The molecule has 156 valence electrons. The fraction of sp³-hybridized carbons (Fsp3) is 0.174. The van der Waals surface area contributed by atoms with Crippen LogP contribution in [0.5, 0.6) is 0 Å². The van der Waals surface area contributed by atoms with E-state index in [0.717, 1.165) is 37.1 Å². The monoisotopic (exact) mass is 419 g/mol. The van der Waals surface area contributed by atoms with Crippen LogP contribution >= 0.6 is 0 Å². The van der Waals surface area contributed by atoms with Crippen molar-refractivity contribution in [3.05, 3.63) is 66.4 Å². The van der Waals surface area contributed by atoms with Crippen LogP contribution in [0, 0.1) is 11.6 Å². The molecular weight excluding hydrogens is 400 g/mol. The lowest BCUT2D eigenvalue weighted by molar-refractivity contribution is 0.222. The highest BCUT2D eigenvalue weighted by molar-refractivity contribution is 5.90. The fourth-order valence-electron chi connectivity index (χ4n) is 3.74. The normalized spacial score (nSPS) is 13.7. The van der Waals surface area contributed by atoms with Crippen molar-refractivity contribution >= 4 is 22.9 Å². The van der Waals surface area contributed by atoms with Gasteiger partial charge in [-0.15, -0.1) is 0 Å². The van der Waals surface area contributed by atoms with E-state index >= 15 is 0 Å². The van der Waals surface area contributed by atoms with Crippen molar-refractivity contribution < 1.29 is 13.6 Å². The maximum atomic E-state index is 14.6. The highest BCUT2D eigenvalue weighted by Gasteiger charge is 2.19. The molecule has 2 aromatic heterocycles. The smallest absolute Gasteiger partial charge is 0.321 e. The molecule has 31 heavy (non-hydrogen) atoms. The zero-order valence-corrected chi connectivity index (χ0v) is 16.5. The summed E-state index contributed by atoms with van der Waals surface area (Å²) in [6, 6.07) is 12.1. The van der Waals surface area contributed by atoms with Crippen LogP contribution in [-0.4, -0.2) is 39.0 Å². The van der Waals surface area contributed by atoms with Crippen molar-refractivity contribution in [3.8, 4) is 22.5 Å². The standard InChI is InChI=1S/C23H19F2N5O/c24-16-5-3-14(4-6-16)15-11-20-22(26-13-15)29-21(28-20)18-12-17(7-8-19(18)25)27-23(31)30-9-1-2-10-30/h3-8,11-13H,1-2,9-10H2,(H,27,31)(H,26,28,29). The Morgan fingerprint density at radius 2 is 1.77 bits per heavy atom. The molecule has 0 atom stereocenters. The maximum absolute atomic E-state index is 14.6. The van der Waals surface area contributed by atoms with Gasteiger partial charge in [0, 0.05) is 30.5 Å². The first-order valence-electron chi connectivity index (χ1n) is 10.0. The number of likely N-dealkylation sites (tertiary alicyclic amines) is 1. The van der Waals surface area contributed by atoms with Crippen molar-refractivity contribution in [2.45, 2.75) is 12.8 Å². The second-order valence-electron chi connectivity index (χ2n) is 7.51. The van der Waals surface area contributed by atoms with Crippen molar-refractivity contribution in [2.75, 3.05) is 18.4 Å². The summed E-state index contributed by atoms with van der Waals surface area (Å²) in [5.41, 5.74) is 3.39. The maximum Gasteiger partial charge on any atom is 0.321 e. The average Bonchev–Trinajstić information content (AvgIpc) is 3.45. The number of benzene rings is 2. The number of pyridine rings is 1. The number of nitrogens with zero attached hydrogens (tertiary/aromatic N) is 3. The zero-order valence-electron chi connectivity index (χ0n) is 16.5. The molecule has 5 rings (SSSR count). The third-order valence-electron chi connectivity index (χ3n) is 5.38. The first-order valence-corrected chi connectivity index (χ1v) is 10.0. The molecule has 1 aliphatic heterocycles. The molecule has 8 heteroatoms. The molecule has 1 aliphatic rings. The van der Waals surface area contributed by atoms with Crippen LogP contribution in [0.25, 0.3) is 33.7 Å². The number of halogens is 2. The van der Waals surface area contributed by atoms with E-state index in [1.54, 1.807) is 29.3 Å². The minimum Gasteiger partial charge on any atom is -0.336 e. The summed E-state index contributed by atoms with van der Waals surface area (Å²) in [5.74, 6) is -0.459. The molecular formula is C23H19F2N5O. The van der Waals surface area contributed by atoms with Crippen molar-refractivity contribution in [2.24, 2.45) is 0 Å². The lowest BCUT2D eigenvalue weighted by atomic mass is 10.1. The quantitative estimate of drug-likeness (QED) is 0.479. The molecule has 6 nitrogen and oxygen atoms in total. The first kappa shape index (κ1) is 19.2. The number of hydrogen-bond donors (Lipinski definition) is 2. The van der Waals surface area contributed by atoms with Crippen LogP contribution in [0.15, 0.2) is 54.7 Å². The first-order chi connectivity index (χ1) is 15.1. The summed E-state index contributed by atoms with van der Waals surface area (Å²) in [4.78, 5) is 25.9. The number of aromatic amines is 1. The number of rotatable bonds is 3. The van der Waals surface area contributed by atoms with Gasteiger partial charge >= 0.3 is 6.03 Å². The Kier molecular flexibility index (Phi) is 4.82. The van der Waals surface area contributed by atoms with Gasteiger partial charge in [0.1, 0.15) is 17.5 Å². The largest absolute Gasteiger partial charge is 0.336 e. The summed E-state index contributed by atoms with van der Waals surface area (Å²) < 4.78 is 27.8. The summed E-state index contributed by atoms with van der Waals surface area (Å²) >= 11 is 0. The second kappa shape index (κ2) is 7.79.